The van der Waals surface area contributed by atoms with Crippen molar-refractivity contribution in [2.45, 2.75) is 52.2 Å². The summed E-state index contributed by atoms with van der Waals surface area (Å²) in [5, 5.41) is 0. The van der Waals surface area contributed by atoms with Gasteiger partial charge in [-0.05, 0) is 26.2 Å². The van der Waals surface area contributed by atoms with Gasteiger partial charge in [0.2, 0.25) is 0 Å². The van der Waals surface area contributed by atoms with E-state index in [4.69, 9.17) is 9.47 Å². The molecule has 0 rings (SSSR count). The van der Waals surface area contributed by atoms with Crippen LogP contribution < -0.4 is 0 Å². The average molecular weight is 260 g/mol. The Balaban J connectivity index is 4.07. The summed E-state index contributed by atoms with van der Waals surface area (Å²) in [6, 6.07) is 0. The summed E-state index contributed by atoms with van der Waals surface area (Å²) in [7, 11) is 1.24. The molecule has 0 radical (unpaired) electrons. The minimum atomic E-state index is -0.892. The van der Waals surface area contributed by atoms with E-state index in [1.807, 2.05) is 0 Å². The third-order valence-corrected chi connectivity index (χ3v) is 2.22. The third-order valence-electron chi connectivity index (χ3n) is 2.22. The zero-order chi connectivity index (χ0) is 14.1. The van der Waals surface area contributed by atoms with Gasteiger partial charge in [-0.2, -0.15) is 0 Å². The van der Waals surface area contributed by atoms with Crippen molar-refractivity contribution < 1.29 is 28.6 Å². The first kappa shape index (κ1) is 16.4. The second-order valence-corrected chi connectivity index (χ2v) is 3.97. The van der Waals surface area contributed by atoms with Gasteiger partial charge in [-0.15, -0.1) is 0 Å². The molecule has 0 unspecified atom stereocenters. The van der Waals surface area contributed by atoms with E-state index in [-0.39, 0.29) is 12.1 Å². The molecule has 104 valence electrons. The lowest BCUT2D eigenvalue weighted by atomic mass is 10.1. The number of hydrogen-bond donors (Lipinski definition) is 0. The molecule has 18 heavy (non-hydrogen) atoms. The van der Waals surface area contributed by atoms with Crippen LogP contribution in [-0.4, -0.2) is 37.2 Å². The van der Waals surface area contributed by atoms with Gasteiger partial charge in [0.05, 0.1) is 13.2 Å². The normalized spacial score (nSPS) is 13.3. The first-order valence-corrected chi connectivity index (χ1v) is 5.79. The van der Waals surface area contributed by atoms with Gasteiger partial charge >= 0.3 is 17.9 Å². The van der Waals surface area contributed by atoms with Crippen LogP contribution in [0.25, 0.3) is 0 Å². The van der Waals surface area contributed by atoms with Crippen molar-refractivity contribution in [2.75, 3.05) is 7.11 Å². The van der Waals surface area contributed by atoms with Crippen LogP contribution in [0.4, 0.5) is 0 Å². The Morgan fingerprint density at radius 2 is 1.56 bits per heavy atom. The predicted molar refractivity (Wildman–Crippen MR) is 62.6 cm³/mol. The first-order valence-electron chi connectivity index (χ1n) is 5.79. The highest BCUT2D eigenvalue weighted by Crippen LogP contribution is 2.11. The van der Waals surface area contributed by atoms with Crippen molar-refractivity contribution in [3.8, 4) is 0 Å². The summed E-state index contributed by atoms with van der Waals surface area (Å²) in [5.41, 5.74) is 0. The molecule has 0 spiro atoms. The predicted octanol–water partition coefficient (Wildman–Crippen LogP) is 1.21. The number of carbonyl (C=O) groups is 3. The van der Waals surface area contributed by atoms with Crippen LogP contribution in [0.15, 0.2) is 0 Å². The average Bonchev–Trinajstić information content (AvgIpc) is 2.25. The van der Waals surface area contributed by atoms with Crippen molar-refractivity contribution in [1.29, 1.82) is 0 Å². The molecular formula is C12H20O6. The fourth-order valence-electron chi connectivity index (χ4n) is 1.49. The van der Waals surface area contributed by atoms with Crippen molar-refractivity contribution in [3.63, 3.8) is 0 Å². The Labute approximate surface area is 107 Å². The Bertz CT molecular complexity index is 299. The molecule has 2 atom stereocenters. The van der Waals surface area contributed by atoms with Gasteiger partial charge in [0.25, 0.3) is 0 Å². The molecule has 0 fully saturated rings. The molecule has 0 saturated carbocycles. The molecule has 0 bridgehead atoms. The number of methoxy groups -OCH3 is 1. The first-order chi connectivity index (χ1) is 8.36. The quantitative estimate of drug-likeness (QED) is 0.505. The fourth-order valence-corrected chi connectivity index (χ4v) is 1.49. The monoisotopic (exact) mass is 260 g/mol. The van der Waals surface area contributed by atoms with Crippen LogP contribution in [-0.2, 0) is 28.6 Å². The topological polar surface area (TPSA) is 78.9 Å². The molecular weight excluding hydrogens is 240 g/mol. The largest absolute Gasteiger partial charge is 0.466 e. The Kier molecular flexibility index (Phi) is 7.74. The van der Waals surface area contributed by atoms with E-state index < -0.39 is 18.0 Å². The molecule has 0 aliphatic rings. The van der Waals surface area contributed by atoms with Gasteiger partial charge in [-0.3, -0.25) is 9.59 Å². The van der Waals surface area contributed by atoms with Crippen LogP contribution in [0.3, 0.4) is 0 Å². The summed E-state index contributed by atoms with van der Waals surface area (Å²) >= 11 is 0. The minimum absolute atomic E-state index is 0.224. The smallest absolute Gasteiger partial charge is 0.347 e. The minimum Gasteiger partial charge on any atom is -0.466 e. The SMILES string of the molecule is COC(=O)[C@H](CCC[C@@H](C)OC(C)=O)OC(C)=O. The van der Waals surface area contributed by atoms with E-state index in [9.17, 15) is 14.4 Å². The maximum atomic E-state index is 11.3. The lowest BCUT2D eigenvalue weighted by molar-refractivity contribution is -0.165. The molecule has 0 saturated heterocycles. The summed E-state index contributed by atoms with van der Waals surface area (Å²) < 4.78 is 14.3. The van der Waals surface area contributed by atoms with Crippen molar-refractivity contribution in [1.82, 2.24) is 0 Å². The molecule has 0 aliphatic carbocycles. The lowest BCUT2D eigenvalue weighted by Gasteiger charge is -2.16. The van der Waals surface area contributed by atoms with Gasteiger partial charge in [-0.1, -0.05) is 0 Å². The number of carbonyl (C=O) groups excluding carboxylic acids is 3. The summed E-state index contributed by atoms with van der Waals surface area (Å²) in [5.74, 6) is -1.45. The standard InChI is InChI=1S/C12H20O6/c1-8(17-9(2)13)6-5-7-11(12(15)16-4)18-10(3)14/h8,11H,5-7H2,1-4H3/t8-,11+/m1/s1. The molecule has 0 aromatic rings. The van der Waals surface area contributed by atoms with Crippen molar-refractivity contribution in [2.24, 2.45) is 0 Å². The molecule has 0 aliphatic heterocycles. The molecule has 6 nitrogen and oxygen atoms in total. The fraction of sp³-hybridized carbons (Fsp3) is 0.750. The van der Waals surface area contributed by atoms with Crippen LogP contribution in [0.5, 0.6) is 0 Å². The summed E-state index contributed by atoms with van der Waals surface area (Å²) in [6.45, 7) is 4.34. The maximum absolute atomic E-state index is 11.3. The number of rotatable bonds is 7. The van der Waals surface area contributed by atoms with E-state index in [1.165, 1.54) is 21.0 Å². The second kappa shape index (κ2) is 8.49. The molecule has 0 heterocycles. The van der Waals surface area contributed by atoms with E-state index in [2.05, 4.69) is 4.74 Å². The molecule has 0 aromatic heterocycles. The van der Waals surface area contributed by atoms with Crippen LogP contribution in [0, 0.1) is 0 Å². The third kappa shape index (κ3) is 7.65. The van der Waals surface area contributed by atoms with Gasteiger partial charge < -0.3 is 14.2 Å². The Hall–Kier alpha value is -1.59. The Morgan fingerprint density at radius 3 is 2.00 bits per heavy atom. The highest BCUT2D eigenvalue weighted by molar-refractivity contribution is 5.78. The molecule has 0 aromatic carbocycles. The number of ether oxygens (including phenoxy) is 3. The van der Waals surface area contributed by atoms with E-state index >= 15 is 0 Å². The number of esters is 3. The van der Waals surface area contributed by atoms with Gasteiger partial charge in [0, 0.05) is 13.8 Å². The highest BCUT2D eigenvalue weighted by atomic mass is 16.6. The maximum Gasteiger partial charge on any atom is 0.347 e. The van der Waals surface area contributed by atoms with E-state index in [1.54, 1.807) is 6.92 Å². The van der Waals surface area contributed by atoms with Crippen LogP contribution >= 0.6 is 0 Å². The van der Waals surface area contributed by atoms with Crippen LogP contribution in [0.1, 0.15) is 40.0 Å². The summed E-state index contributed by atoms with van der Waals surface area (Å²) in [6.07, 6.45) is 0.406. The van der Waals surface area contributed by atoms with Gasteiger partial charge in [0.1, 0.15) is 0 Å². The van der Waals surface area contributed by atoms with Crippen molar-refractivity contribution >= 4 is 17.9 Å². The second-order valence-electron chi connectivity index (χ2n) is 3.97. The molecule has 6 heteroatoms. The van der Waals surface area contributed by atoms with E-state index in [0.29, 0.717) is 19.3 Å². The zero-order valence-corrected chi connectivity index (χ0v) is 11.2. The summed E-state index contributed by atoms with van der Waals surface area (Å²) in [4.78, 5) is 32.8. The molecule has 0 amide bonds. The zero-order valence-electron chi connectivity index (χ0n) is 11.2. The van der Waals surface area contributed by atoms with Gasteiger partial charge in [0.15, 0.2) is 6.10 Å². The number of hydrogen-bond acceptors (Lipinski definition) is 6. The van der Waals surface area contributed by atoms with Crippen molar-refractivity contribution in [3.05, 3.63) is 0 Å². The van der Waals surface area contributed by atoms with E-state index in [0.717, 1.165) is 0 Å². The highest BCUT2D eigenvalue weighted by Gasteiger charge is 2.22. The van der Waals surface area contributed by atoms with Gasteiger partial charge in [-0.25, -0.2) is 4.79 Å². The lowest BCUT2D eigenvalue weighted by Crippen LogP contribution is -2.28. The Morgan fingerprint density at radius 1 is 1.00 bits per heavy atom. The molecule has 0 N–H and O–H groups in total. The van der Waals surface area contributed by atoms with Crippen LogP contribution in [0.2, 0.25) is 0 Å².